The molecule has 0 radical (unpaired) electrons. The first-order valence-electron chi connectivity index (χ1n) is 7.85. The van der Waals surface area contributed by atoms with E-state index in [4.69, 9.17) is 9.47 Å². The fourth-order valence-electron chi connectivity index (χ4n) is 2.31. The minimum absolute atomic E-state index is 0.0168. The lowest BCUT2D eigenvalue weighted by atomic mass is 10.0. The van der Waals surface area contributed by atoms with Crippen molar-refractivity contribution in [2.75, 3.05) is 13.2 Å². The molecule has 5 heteroatoms. The van der Waals surface area contributed by atoms with Crippen LogP contribution in [0, 0.1) is 5.92 Å². The Morgan fingerprint density at radius 2 is 2.04 bits per heavy atom. The van der Waals surface area contributed by atoms with Crippen molar-refractivity contribution in [3.8, 4) is 0 Å². The molecule has 0 saturated heterocycles. The number of amides is 1. The Kier molecular flexibility index (Phi) is 6.35. The largest absolute Gasteiger partial charge is 0.454 e. The van der Waals surface area contributed by atoms with Gasteiger partial charge in [0.25, 0.3) is 5.91 Å². The quantitative estimate of drug-likeness (QED) is 0.561. The van der Waals surface area contributed by atoms with E-state index < -0.39 is 12.1 Å². The van der Waals surface area contributed by atoms with Gasteiger partial charge in [-0.15, -0.1) is 6.58 Å². The summed E-state index contributed by atoms with van der Waals surface area (Å²) in [4.78, 5) is 23.7. The molecule has 1 aliphatic rings. The van der Waals surface area contributed by atoms with Crippen LogP contribution in [0.5, 0.6) is 0 Å². The summed E-state index contributed by atoms with van der Waals surface area (Å²) < 4.78 is 10.1. The number of rotatable bonds is 9. The first-order chi connectivity index (χ1) is 11.1. The molecule has 1 aromatic rings. The van der Waals surface area contributed by atoms with Crippen LogP contribution in [0.3, 0.4) is 0 Å². The van der Waals surface area contributed by atoms with Crippen LogP contribution in [0.25, 0.3) is 0 Å². The van der Waals surface area contributed by atoms with Crippen LogP contribution < -0.4 is 5.32 Å². The molecule has 0 spiro atoms. The predicted molar refractivity (Wildman–Crippen MR) is 86.6 cm³/mol. The van der Waals surface area contributed by atoms with E-state index in [1.54, 1.807) is 13.0 Å². The van der Waals surface area contributed by atoms with E-state index >= 15 is 0 Å². The molecular formula is C18H23NO4. The Bertz CT molecular complexity index is 539. The fraction of sp³-hybridized carbons (Fsp3) is 0.444. The van der Waals surface area contributed by atoms with E-state index in [0.717, 1.165) is 18.4 Å². The maximum absolute atomic E-state index is 12.1. The van der Waals surface area contributed by atoms with Gasteiger partial charge in [0.15, 0.2) is 12.7 Å². The second-order valence-electron chi connectivity index (χ2n) is 5.67. The average molecular weight is 317 g/mol. The van der Waals surface area contributed by atoms with E-state index in [-0.39, 0.29) is 25.2 Å². The van der Waals surface area contributed by atoms with Gasteiger partial charge in [0.05, 0.1) is 12.6 Å². The maximum Gasteiger partial charge on any atom is 0.335 e. The summed E-state index contributed by atoms with van der Waals surface area (Å²) >= 11 is 0. The summed E-state index contributed by atoms with van der Waals surface area (Å²) in [5.74, 6) is -0.383. The van der Waals surface area contributed by atoms with Crippen LogP contribution in [0.1, 0.15) is 31.4 Å². The van der Waals surface area contributed by atoms with Crippen molar-refractivity contribution in [2.24, 2.45) is 5.92 Å². The zero-order valence-corrected chi connectivity index (χ0v) is 13.4. The molecule has 1 aliphatic carbocycles. The van der Waals surface area contributed by atoms with Gasteiger partial charge in [-0.25, -0.2) is 4.79 Å². The smallest absolute Gasteiger partial charge is 0.335 e. The molecule has 5 nitrogen and oxygen atoms in total. The SMILES string of the molecule is C=CCOC(C)C(=O)OCC(=O)NC(c1ccccc1)C1CC1. The molecule has 0 bridgehead atoms. The molecule has 0 aromatic heterocycles. The van der Waals surface area contributed by atoms with Gasteiger partial charge in [0, 0.05) is 0 Å². The number of hydrogen-bond acceptors (Lipinski definition) is 4. The van der Waals surface area contributed by atoms with Crippen molar-refractivity contribution in [1.29, 1.82) is 0 Å². The molecule has 1 amide bonds. The van der Waals surface area contributed by atoms with Gasteiger partial charge >= 0.3 is 5.97 Å². The van der Waals surface area contributed by atoms with Crippen molar-refractivity contribution < 1.29 is 19.1 Å². The van der Waals surface area contributed by atoms with Crippen LogP contribution in [0.4, 0.5) is 0 Å². The minimum atomic E-state index is -0.714. The Hall–Kier alpha value is -2.14. The molecule has 23 heavy (non-hydrogen) atoms. The molecule has 1 fully saturated rings. The number of carbonyl (C=O) groups is 2. The lowest BCUT2D eigenvalue weighted by Crippen LogP contribution is -2.35. The van der Waals surface area contributed by atoms with Gasteiger partial charge in [-0.1, -0.05) is 36.4 Å². The van der Waals surface area contributed by atoms with Gasteiger partial charge in [0.2, 0.25) is 0 Å². The molecule has 0 aliphatic heterocycles. The molecule has 1 N–H and O–H groups in total. The second kappa shape index (κ2) is 8.48. The zero-order chi connectivity index (χ0) is 16.7. The number of benzene rings is 1. The number of esters is 1. The van der Waals surface area contributed by atoms with Crippen LogP contribution in [0.2, 0.25) is 0 Å². The molecule has 1 saturated carbocycles. The van der Waals surface area contributed by atoms with Gasteiger partial charge in [0.1, 0.15) is 0 Å². The lowest BCUT2D eigenvalue weighted by Gasteiger charge is -2.19. The Morgan fingerprint density at radius 3 is 2.65 bits per heavy atom. The first-order valence-corrected chi connectivity index (χ1v) is 7.85. The van der Waals surface area contributed by atoms with Crippen molar-refractivity contribution >= 4 is 11.9 Å². The molecule has 124 valence electrons. The topological polar surface area (TPSA) is 64.6 Å². The Morgan fingerprint density at radius 1 is 1.35 bits per heavy atom. The Labute approximate surface area is 136 Å². The van der Waals surface area contributed by atoms with Crippen LogP contribution in [-0.4, -0.2) is 31.2 Å². The lowest BCUT2D eigenvalue weighted by molar-refractivity contribution is -0.158. The van der Waals surface area contributed by atoms with Crippen molar-refractivity contribution in [1.82, 2.24) is 5.32 Å². The monoisotopic (exact) mass is 317 g/mol. The molecular weight excluding hydrogens is 294 g/mol. The molecule has 0 heterocycles. The third-order valence-corrected chi connectivity index (χ3v) is 3.71. The van der Waals surface area contributed by atoms with Crippen LogP contribution >= 0.6 is 0 Å². The van der Waals surface area contributed by atoms with E-state index in [9.17, 15) is 9.59 Å². The summed E-state index contributed by atoms with van der Waals surface area (Å²) in [7, 11) is 0. The number of ether oxygens (including phenoxy) is 2. The highest BCUT2D eigenvalue weighted by Crippen LogP contribution is 2.40. The normalized spacial score (nSPS) is 16.2. The summed E-state index contributed by atoms with van der Waals surface area (Å²) in [6.45, 7) is 5.06. The van der Waals surface area contributed by atoms with E-state index in [0.29, 0.717) is 5.92 Å². The fourth-order valence-corrected chi connectivity index (χ4v) is 2.31. The van der Waals surface area contributed by atoms with Gasteiger partial charge in [-0.05, 0) is 31.2 Å². The van der Waals surface area contributed by atoms with E-state index in [1.165, 1.54) is 0 Å². The number of nitrogens with one attached hydrogen (secondary N) is 1. The highest BCUT2D eigenvalue weighted by molar-refractivity contribution is 5.82. The van der Waals surface area contributed by atoms with Crippen molar-refractivity contribution in [3.05, 3.63) is 48.6 Å². The van der Waals surface area contributed by atoms with Gasteiger partial charge < -0.3 is 14.8 Å². The first kappa shape index (κ1) is 17.2. The second-order valence-corrected chi connectivity index (χ2v) is 5.67. The molecule has 1 aromatic carbocycles. The third kappa shape index (κ3) is 5.53. The van der Waals surface area contributed by atoms with Gasteiger partial charge in [-0.2, -0.15) is 0 Å². The zero-order valence-electron chi connectivity index (χ0n) is 13.4. The molecule has 2 rings (SSSR count). The maximum atomic E-state index is 12.1. The van der Waals surface area contributed by atoms with Crippen LogP contribution in [0.15, 0.2) is 43.0 Å². The number of hydrogen-bond donors (Lipinski definition) is 1. The highest BCUT2D eigenvalue weighted by Gasteiger charge is 2.33. The van der Waals surface area contributed by atoms with Crippen molar-refractivity contribution in [3.63, 3.8) is 0 Å². The summed E-state index contributed by atoms with van der Waals surface area (Å²) in [5.41, 5.74) is 1.08. The summed E-state index contributed by atoms with van der Waals surface area (Å²) in [6, 6.07) is 9.84. The molecule has 2 unspecified atom stereocenters. The van der Waals surface area contributed by atoms with E-state index in [1.807, 2.05) is 30.3 Å². The molecule has 2 atom stereocenters. The number of carbonyl (C=O) groups excluding carboxylic acids is 2. The van der Waals surface area contributed by atoms with E-state index in [2.05, 4.69) is 11.9 Å². The average Bonchev–Trinajstić information content (AvgIpc) is 3.41. The predicted octanol–water partition coefficient (Wildman–Crippen LogP) is 2.39. The highest BCUT2D eigenvalue weighted by atomic mass is 16.6. The van der Waals surface area contributed by atoms with Gasteiger partial charge in [-0.3, -0.25) is 4.79 Å². The van der Waals surface area contributed by atoms with Crippen LogP contribution in [-0.2, 0) is 19.1 Å². The Balaban J connectivity index is 1.81. The third-order valence-electron chi connectivity index (χ3n) is 3.71. The minimum Gasteiger partial charge on any atom is -0.454 e. The standard InChI is InChI=1S/C18H23NO4/c1-3-11-22-13(2)18(21)23-12-16(20)19-17(15-9-10-15)14-7-5-4-6-8-14/h3-8,13,15,17H,1,9-12H2,2H3,(H,19,20). The summed E-state index contributed by atoms with van der Waals surface area (Å²) in [5, 5.41) is 2.96. The van der Waals surface area contributed by atoms with Crippen molar-refractivity contribution in [2.45, 2.75) is 31.9 Å². The summed E-state index contributed by atoms with van der Waals surface area (Å²) in [6.07, 6.45) is 3.04.